The Balaban J connectivity index is 2.37. The maximum Gasteiger partial charge on any atom is 0.286 e. The second-order valence-electron chi connectivity index (χ2n) is 2.88. The number of halogens is 1. The molecule has 0 aliphatic heterocycles. The molecular formula is C9H7ClN4OS. The zero-order valence-electron chi connectivity index (χ0n) is 8.29. The fourth-order valence-corrected chi connectivity index (χ4v) is 1.99. The minimum atomic E-state index is -0.331. The van der Waals surface area contributed by atoms with E-state index in [1.807, 2.05) is 0 Å². The molecule has 0 aliphatic rings. The van der Waals surface area contributed by atoms with Crippen LogP contribution in [0.1, 0.15) is 0 Å². The highest BCUT2D eigenvalue weighted by Crippen LogP contribution is 2.27. The van der Waals surface area contributed by atoms with Gasteiger partial charge in [0.15, 0.2) is 5.16 Å². The lowest BCUT2D eigenvalue weighted by Gasteiger charge is -2.02. The van der Waals surface area contributed by atoms with Crippen LogP contribution in [0, 0.1) is 0 Å². The molecular weight excluding hydrogens is 248 g/mol. The molecule has 7 heteroatoms. The van der Waals surface area contributed by atoms with E-state index in [4.69, 9.17) is 11.6 Å². The summed E-state index contributed by atoms with van der Waals surface area (Å²) >= 11 is 7.11. The molecule has 0 amide bonds. The average Bonchev–Trinajstić information content (AvgIpc) is 2.31. The molecule has 0 spiro atoms. The predicted octanol–water partition coefficient (Wildman–Crippen LogP) is 1.37. The Labute approximate surface area is 100 Å². The molecule has 0 aromatic carbocycles. The number of nitrogens with zero attached hydrogens (tertiary/aromatic N) is 4. The fraction of sp³-hybridized carbons (Fsp3) is 0.111. The summed E-state index contributed by atoms with van der Waals surface area (Å²) in [7, 11) is 1.54. The van der Waals surface area contributed by atoms with Crippen LogP contribution in [0.25, 0.3) is 0 Å². The Morgan fingerprint density at radius 3 is 2.75 bits per heavy atom. The van der Waals surface area contributed by atoms with Crippen LogP contribution in [0.5, 0.6) is 0 Å². The Morgan fingerprint density at radius 1 is 1.38 bits per heavy atom. The lowest BCUT2D eigenvalue weighted by molar-refractivity contribution is 0.696. The fourth-order valence-electron chi connectivity index (χ4n) is 1.00. The second-order valence-corrected chi connectivity index (χ2v) is 4.27. The SMILES string of the molecule is Cn1ncc(Sc2ncccn2)c(Cl)c1=O. The quantitative estimate of drug-likeness (QED) is 0.758. The van der Waals surface area contributed by atoms with Gasteiger partial charge in [0, 0.05) is 19.4 Å². The number of aryl methyl sites for hydroxylation is 1. The smallest absolute Gasteiger partial charge is 0.266 e. The van der Waals surface area contributed by atoms with Crippen molar-refractivity contribution in [2.45, 2.75) is 10.1 Å². The number of hydrogen-bond donors (Lipinski definition) is 0. The van der Waals surface area contributed by atoms with E-state index in [0.717, 1.165) is 0 Å². The Hall–Kier alpha value is -1.40. The van der Waals surface area contributed by atoms with Gasteiger partial charge in [-0.15, -0.1) is 0 Å². The Bertz CT molecular complexity index is 557. The third kappa shape index (κ3) is 2.23. The van der Waals surface area contributed by atoms with Gasteiger partial charge in [-0.1, -0.05) is 11.6 Å². The van der Waals surface area contributed by atoms with E-state index in [9.17, 15) is 4.79 Å². The van der Waals surface area contributed by atoms with Gasteiger partial charge in [-0.2, -0.15) is 5.10 Å². The number of aromatic nitrogens is 4. The van der Waals surface area contributed by atoms with Crippen molar-refractivity contribution in [2.75, 3.05) is 0 Å². The zero-order valence-corrected chi connectivity index (χ0v) is 9.87. The summed E-state index contributed by atoms with van der Waals surface area (Å²) in [6.07, 6.45) is 4.76. The molecule has 0 saturated heterocycles. The van der Waals surface area contributed by atoms with Crippen molar-refractivity contribution in [2.24, 2.45) is 7.05 Å². The standard InChI is InChI=1S/C9H7ClN4OS/c1-14-8(15)7(10)6(5-13-14)16-9-11-3-2-4-12-9/h2-5H,1H3. The summed E-state index contributed by atoms with van der Waals surface area (Å²) < 4.78 is 1.18. The van der Waals surface area contributed by atoms with Crippen molar-refractivity contribution < 1.29 is 0 Å². The molecule has 0 bridgehead atoms. The molecule has 0 N–H and O–H groups in total. The lowest BCUT2D eigenvalue weighted by atomic mass is 10.6. The lowest BCUT2D eigenvalue weighted by Crippen LogP contribution is -2.19. The molecule has 0 radical (unpaired) electrons. The highest BCUT2D eigenvalue weighted by atomic mass is 35.5. The summed E-state index contributed by atoms with van der Waals surface area (Å²) in [5.41, 5.74) is -0.331. The topological polar surface area (TPSA) is 60.7 Å². The average molecular weight is 255 g/mol. The maximum atomic E-state index is 11.5. The highest BCUT2D eigenvalue weighted by molar-refractivity contribution is 7.99. The van der Waals surface area contributed by atoms with E-state index in [2.05, 4.69) is 15.1 Å². The van der Waals surface area contributed by atoms with Crippen LogP contribution in [-0.2, 0) is 7.05 Å². The molecule has 2 aromatic rings. The largest absolute Gasteiger partial charge is 0.286 e. The molecule has 2 rings (SSSR count). The monoisotopic (exact) mass is 254 g/mol. The van der Waals surface area contributed by atoms with Gasteiger partial charge >= 0.3 is 0 Å². The number of hydrogen-bond acceptors (Lipinski definition) is 5. The van der Waals surface area contributed by atoms with Gasteiger partial charge in [0.1, 0.15) is 5.02 Å². The van der Waals surface area contributed by atoms with E-state index < -0.39 is 0 Å². The zero-order chi connectivity index (χ0) is 11.5. The summed E-state index contributed by atoms with van der Waals surface area (Å²) in [5.74, 6) is 0. The molecule has 2 heterocycles. The Morgan fingerprint density at radius 2 is 2.06 bits per heavy atom. The van der Waals surface area contributed by atoms with Crippen LogP contribution in [0.15, 0.2) is 39.5 Å². The second kappa shape index (κ2) is 4.63. The van der Waals surface area contributed by atoms with E-state index >= 15 is 0 Å². The molecule has 0 saturated carbocycles. The van der Waals surface area contributed by atoms with Crippen LogP contribution in [0.4, 0.5) is 0 Å². The summed E-state index contributed by atoms with van der Waals surface area (Å²) in [6.45, 7) is 0. The van der Waals surface area contributed by atoms with Gasteiger partial charge in [-0.3, -0.25) is 4.79 Å². The van der Waals surface area contributed by atoms with Crippen LogP contribution >= 0.6 is 23.4 Å². The molecule has 16 heavy (non-hydrogen) atoms. The number of rotatable bonds is 2. The van der Waals surface area contributed by atoms with Crippen molar-refractivity contribution in [3.05, 3.63) is 40.0 Å². The minimum Gasteiger partial charge on any atom is -0.266 e. The first-order valence-corrected chi connectivity index (χ1v) is 5.54. The van der Waals surface area contributed by atoms with Gasteiger partial charge in [0.25, 0.3) is 5.56 Å². The Kier molecular flexibility index (Phi) is 3.21. The van der Waals surface area contributed by atoms with E-state index in [0.29, 0.717) is 10.1 Å². The van der Waals surface area contributed by atoms with Gasteiger partial charge in [-0.05, 0) is 17.8 Å². The van der Waals surface area contributed by atoms with Gasteiger partial charge in [0.05, 0.1) is 11.1 Å². The molecule has 0 fully saturated rings. The first kappa shape index (κ1) is 11.1. The highest BCUT2D eigenvalue weighted by Gasteiger charge is 2.09. The van der Waals surface area contributed by atoms with Crippen molar-refractivity contribution in [3.63, 3.8) is 0 Å². The van der Waals surface area contributed by atoms with Crippen molar-refractivity contribution in [1.29, 1.82) is 0 Å². The first-order chi connectivity index (χ1) is 7.68. The van der Waals surface area contributed by atoms with Crippen LogP contribution < -0.4 is 5.56 Å². The van der Waals surface area contributed by atoms with Crippen LogP contribution in [-0.4, -0.2) is 19.7 Å². The van der Waals surface area contributed by atoms with E-state index in [-0.39, 0.29) is 10.6 Å². The van der Waals surface area contributed by atoms with Gasteiger partial charge < -0.3 is 0 Å². The molecule has 0 aliphatic carbocycles. The first-order valence-electron chi connectivity index (χ1n) is 4.35. The summed E-state index contributed by atoms with van der Waals surface area (Å²) in [5, 5.41) is 4.54. The van der Waals surface area contributed by atoms with Gasteiger partial charge in [0.2, 0.25) is 0 Å². The van der Waals surface area contributed by atoms with Crippen LogP contribution in [0.3, 0.4) is 0 Å². The molecule has 2 aromatic heterocycles. The van der Waals surface area contributed by atoms with Crippen molar-refractivity contribution in [3.8, 4) is 0 Å². The molecule has 0 unspecified atom stereocenters. The van der Waals surface area contributed by atoms with Crippen LogP contribution in [0.2, 0.25) is 5.02 Å². The third-order valence-corrected chi connectivity index (χ3v) is 3.19. The van der Waals surface area contributed by atoms with Crippen molar-refractivity contribution in [1.82, 2.24) is 19.7 Å². The third-order valence-electron chi connectivity index (χ3n) is 1.79. The molecule has 82 valence electrons. The van der Waals surface area contributed by atoms with E-state index in [1.54, 1.807) is 25.5 Å². The summed E-state index contributed by atoms with van der Waals surface area (Å²) in [6, 6.07) is 1.72. The molecule has 5 nitrogen and oxygen atoms in total. The minimum absolute atomic E-state index is 0.134. The van der Waals surface area contributed by atoms with Crippen molar-refractivity contribution >= 4 is 23.4 Å². The van der Waals surface area contributed by atoms with Gasteiger partial charge in [-0.25, -0.2) is 14.6 Å². The maximum absolute atomic E-state index is 11.5. The summed E-state index contributed by atoms with van der Waals surface area (Å²) in [4.78, 5) is 20.1. The normalized spacial score (nSPS) is 10.4. The van der Waals surface area contributed by atoms with E-state index in [1.165, 1.54) is 22.6 Å². The predicted molar refractivity (Wildman–Crippen MR) is 60.6 cm³/mol. The molecule has 0 atom stereocenters.